The lowest BCUT2D eigenvalue weighted by Crippen LogP contribution is -2.27. The Morgan fingerprint density at radius 2 is 2.24 bits per heavy atom. The first-order valence-electron chi connectivity index (χ1n) is 7.59. The molecule has 3 rings (SSSR count). The van der Waals surface area contributed by atoms with Gasteiger partial charge in [-0.05, 0) is 43.9 Å². The molecule has 0 spiro atoms. The number of rotatable bonds is 6. The van der Waals surface area contributed by atoms with Gasteiger partial charge in [-0.3, -0.25) is 9.59 Å². The van der Waals surface area contributed by atoms with E-state index in [0.717, 1.165) is 18.0 Å². The number of carboxylic acid groups (broad SMARTS) is 1. The van der Waals surface area contributed by atoms with Gasteiger partial charge in [0.2, 0.25) is 5.91 Å². The molecular formula is C15H20N2O3S. The Hall–Kier alpha value is -1.43. The largest absolute Gasteiger partial charge is 0.481 e. The second-order valence-corrected chi connectivity index (χ2v) is 7.02. The Labute approximate surface area is 127 Å². The molecule has 0 aromatic carbocycles. The molecule has 21 heavy (non-hydrogen) atoms. The molecule has 0 aliphatic heterocycles. The number of fused-ring (bicyclic) bond motifs is 2. The number of carbonyl (C=O) groups is 2. The summed E-state index contributed by atoms with van der Waals surface area (Å²) in [6, 6.07) is 0. The molecule has 114 valence electrons. The number of anilines is 1. The van der Waals surface area contributed by atoms with Crippen LogP contribution < -0.4 is 5.32 Å². The number of amides is 1. The molecule has 3 atom stereocenters. The molecule has 1 aromatic heterocycles. The van der Waals surface area contributed by atoms with Crippen LogP contribution in [-0.4, -0.2) is 22.0 Å². The van der Waals surface area contributed by atoms with E-state index in [9.17, 15) is 9.59 Å². The van der Waals surface area contributed by atoms with Crippen molar-refractivity contribution < 1.29 is 14.7 Å². The number of nitrogens with zero attached hydrogens (tertiary/aromatic N) is 1. The average Bonchev–Trinajstić information content (AvgIpc) is 3.14. The van der Waals surface area contributed by atoms with Gasteiger partial charge in [0, 0.05) is 17.7 Å². The van der Waals surface area contributed by atoms with E-state index < -0.39 is 5.97 Å². The summed E-state index contributed by atoms with van der Waals surface area (Å²) in [6.07, 6.45) is 6.13. The van der Waals surface area contributed by atoms with Crippen molar-refractivity contribution in [2.75, 3.05) is 5.32 Å². The van der Waals surface area contributed by atoms with Gasteiger partial charge < -0.3 is 10.4 Å². The smallest absolute Gasteiger partial charge is 0.303 e. The van der Waals surface area contributed by atoms with Crippen LogP contribution in [0.2, 0.25) is 0 Å². The molecule has 2 saturated carbocycles. The van der Waals surface area contributed by atoms with Gasteiger partial charge in [-0.15, -0.1) is 11.3 Å². The minimum atomic E-state index is -0.782. The summed E-state index contributed by atoms with van der Waals surface area (Å²) < 4.78 is 0. The van der Waals surface area contributed by atoms with E-state index in [1.54, 1.807) is 0 Å². The van der Waals surface area contributed by atoms with Crippen molar-refractivity contribution in [1.29, 1.82) is 0 Å². The SMILES string of the molecule is O=C(O)CCCc1csc(NC(=O)C2CC3CCC2C3)n1. The molecule has 2 N–H and O–H groups in total. The third-order valence-corrected chi connectivity index (χ3v) is 5.49. The number of carboxylic acids is 1. The van der Waals surface area contributed by atoms with Crippen LogP contribution in [0, 0.1) is 17.8 Å². The van der Waals surface area contributed by atoms with E-state index in [-0.39, 0.29) is 18.2 Å². The lowest BCUT2D eigenvalue weighted by molar-refractivity contribution is -0.137. The van der Waals surface area contributed by atoms with E-state index in [2.05, 4.69) is 10.3 Å². The Balaban J connectivity index is 1.50. The number of nitrogens with one attached hydrogen (secondary N) is 1. The first-order valence-corrected chi connectivity index (χ1v) is 8.47. The van der Waals surface area contributed by atoms with Crippen LogP contribution in [0.25, 0.3) is 0 Å². The molecule has 1 heterocycles. The number of carbonyl (C=O) groups excluding carboxylic acids is 1. The van der Waals surface area contributed by atoms with Crippen LogP contribution in [0.5, 0.6) is 0 Å². The van der Waals surface area contributed by atoms with Crippen LogP contribution in [0.3, 0.4) is 0 Å². The standard InChI is InChI=1S/C15H20N2O3S/c18-13(19)3-1-2-11-8-21-15(16-11)17-14(20)12-7-9-4-5-10(12)6-9/h8-10,12H,1-7H2,(H,18,19)(H,16,17,20). The fraction of sp³-hybridized carbons (Fsp3) is 0.667. The van der Waals surface area contributed by atoms with Gasteiger partial charge in [-0.2, -0.15) is 0 Å². The number of hydrogen-bond donors (Lipinski definition) is 2. The van der Waals surface area contributed by atoms with Crippen molar-refractivity contribution in [2.45, 2.75) is 44.9 Å². The molecule has 0 saturated heterocycles. The zero-order valence-electron chi connectivity index (χ0n) is 11.9. The monoisotopic (exact) mass is 308 g/mol. The number of thiazole rings is 1. The minimum Gasteiger partial charge on any atom is -0.481 e. The Bertz CT molecular complexity index is 543. The van der Waals surface area contributed by atoms with Crippen LogP contribution in [-0.2, 0) is 16.0 Å². The van der Waals surface area contributed by atoms with Crippen molar-refractivity contribution in [3.63, 3.8) is 0 Å². The van der Waals surface area contributed by atoms with Gasteiger partial charge in [0.05, 0.1) is 5.69 Å². The summed E-state index contributed by atoms with van der Waals surface area (Å²) in [5, 5.41) is 14.1. The second kappa shape index (κ2) is 6.13. The quantitative estimate of drug-likeness (QED) is 0.847. The molecule has 0 radical (unpaired) electrons. The molecule has 6 heteroatoms. The van der Waals surface area contributed by atoms with Crippen LogP contribution in [0.15, 0.2) is 5.38 Å². The molecular weight excluding hydrogens is 288 g/mol. The highest BCUT2D eigenvalue weighted by Gasteiger charge is 2.43. The Kier molecular flexibility index (Phi) is 4.24. The van der Waals surface area contributed by atoms with E-state index in [1.165, 1.54) is 30.6 Å². The van der Waals surface area contributed by atoms with Crippen molar-refractivity contribution in [3.05, 3.63) is 11.1 Å². The zero-order valence-corrected chi connectivity index (χ0v) is 12.7. The molecule has 2 bridgehead atoms. The molecule has 1 aromatic rings. The van der Waals surface area contributed by atoms with Crippen LogP contribution >= 0.6 is 11.3 Å². The lowest BCUT2D eigenvalue weighted by Gasteiger charge is -2.19. The predicted octanol–water partition coefficient (Wildman–Crippen LogP) is 2.93. The Morgan fingerprint density at radius 3 is 2.90 bits per heavy atom. The van der Waals surface area contributed by atoms with E-state index >= 15 is 0 Å². The fourth-order valence-corrected chi connectivity index (χ4v) is 4.41. The van der Waals surface area contributed by atoms with Crippen molar-refractivity contribution in [1.82, 2.24) is 4.98 Å². The van der Waals surface area contributed by atoms with Gasteiger partial charge in [0.15, 0.2) is 5.13 Å². The summed E-state index contributed by atoms with van der Waals surface area (Å²) in [5.41, 5.74) is 0.865. The van der Waals surface area contributed by atoms with E-state index in [0.29, 0.717) is 23.9 Å². The average molecular weight is 308 g/mol. The molecule has 2 aliphatic carbocycles. The maximum absolute atomic E-state index is 12.3. The van der Waals surface area contributed by atoms with Gasteiger partial charge in [-0.1, -0.05) is 6.42 Å². The highest BCUT2D eigenvalue weighted by Crippen LogP contribution is 2.48. The van der Waals surface area contributed by atoms with E-state index in [4.69, 9.17) is 5.11 Å². The Morgan fingerprint density at radius 1 is 1.38 bits per heavy atom. The van der Waals surface area contributed by atoms with Gasteiger partial charge in [-0.25, -0.2) is 4.98 Å². The number of aromatic nitrogens is 1. The maximum Gasteiger partial charge on any atom is 0.303 e. The summed E-state index contributed by atoms with van der Waals surface area (Å²) in [4.78, 5) is 27.1. The van der Waals surface area contributed by atoms with Crippen LogP contribution in [0.1, 0.15) is 44.2 Å². The second-order valence-electron chi connectivity index (χ2n) is 6.16. The highest BCUT2D eigenvalue weighted by molar-refractivity contribution is 7.13. The zero-order chi connectivity index (χ0) is 14.8. The normalized spacial score (nSPS) is 27.0. The molecule has 3 unspecified atom stereocenters. The van der Waals surface area contributed by atoms with E-state index in [1.807, 2.05) is 5.38 Å². The van der Waals surface area contributed by atoms with Gasteiger partial charge >= 0.3 is 5.97 Å². The number of aliphatic carboxylic acids is 1. The van der Waals surface area contributed by atoms with Gasteiger partial charge in [0.1, 0.15) is 0 Å². The minimum absolute atomic E-state index is 0.119. The molecule has 5 nitrogen and oxygen atoms in total. The molecule has 2 fully saturated rings. The third kappa shape index (κ3) is 3.43. The number of hydrogen-bond acceptors (Lipinski definition) is 4. The van der Waals surface area contributed by atoms with Crippen LogP contribution in [0.4, 0.5) is 5.13 Å². The topological polar surface area (TPSA) is 79.3 Å². The van der Waals surface area contributed by atoms with Crippen molar-refractivity contribution >= 4 is 28.3 Å². The maximum atomic E-state index is 12.3. The highest BCUT2D eigenvalue weighted by atomic mass is 32.1. The first-order chi connectivity index (χ1) is 10.1. The summed E-state index contributed by atoms with van der Waals surface area (Å²) >= 11 is 1.43. The van der Waals surface area contributed by atoms with Crippen molar-refractivity contribution in [3.8, 4) is 0 Å². The van der Waals surface area contributed by atoms with Gasteiger partial charge in [0.25, 0.3) is 0 Å². The van der Waals surface area contributed by atoms with Crippen molar-refractivity contribution in [2.24, 2.45) is 17.8 Å². The molecule has 1 amide bonds. The summed E-state index contributed by atoms with van der Waals surface area (Å²) in [7, 11) is 0. The summed E-state index contributed by atoms with van der Waals surface area (Å²) in [6.45, 7) is 0. The summed E-state index contributed by atoms with van der Waals surface area (Å²) in [5.74, 6) is 0.838. The predicted molar refractivity (Wildman–Crippen MR) is 80.3 cm³/mol. The third-order valence-electron chi connectivity index (χ3n) is 4.68. The lowest BCUT2D eigenvalue weighted by atomic mass is 9.88. The first kappa shape index (κ1) is 14.5. The number of aryl methyl sites for hydroxylation is 1. The fourth-order valence-electron chi connectivity index (χ4n) is 3.66. The molecule has 2 aliphatic rings.